The van der Waals surface area contributed by atoms with Gasteiger partial charge in [-0.05, 0) is 98.6 Å². The van der Waals surface area contributed by atoms with E-state index in [-0.39, 0.29) is 5.56 Å². The quantitative estimate of drug-likeness (QED) is 0.171. The van der Waals surface area contributed by atoms with Gasteiger partial charge in [0, 0.05) is 29.9 Å². The Morgan fingerprint density at radius 1 is 0.644 bits per heavy atom. The molecule has 0 saturated heterocycles. The van der Waals surface area contributed by atoms with Crippen molar-refractivity contribution in [3.8, 4) is 22.5 Å². The van der Waals surface area contributed by atoms with E-state index in [9.17, 15) is 0 Å². The van der Waals surface area contributed by atoms with Gasteiger partial charge in [0.25, 0.3) is 0 Å². The molecule has 1 N–H and O–H groups in total. The molecule has 0 spiro atoms. The first-order chi connectivity index (χ1) is 21.4. The minimum atomic E-state index is -2.18. The maximum atomic E-state index is 15.4. The van der Waals surface area contributed by atoms with E-state index in [2.05, 4.69) is 15.3 Å². The average molecular weight is 630 g/mol. The van der Waals surface area contributed by atoms with Gasteiger partial charge in [0.05, 0.1) is 22.5 Å². The summed E-state index contributed by atoms with van der Waals surface area (Å²) in [6, 6.07) is 6.25. The highest BCUT2D eigenvalue weighted by atomic mass is 19.2. The average Bonchev–Trinajstić information content (AvgIpc) is 3.00. The number of halogens is 8. The van der Waals surface area contributed by atoms with Crippen LogP contribution in [-0.2, 0) is 6.42 Å². The standard InChI is InChI=1S/C34H27F8N3/c1-15-2-4-43-21(6-15)22-11-16(3-5-44-22)10-20-25(35)27(37)23(28(38)26(20)36)24-29(39)31(41)33(32(42)30(24)40)45-34-12-17-7-18(13-34)9-19(8-17)14-34/h2-6,11,17-19,45H,7-10,12-14H2,1H3. The third kappa shape index (κ3) is 4.95. The summed E-state index contributed by atoms with van der Waals surface area (Å²) in [4.78, 5) is 8.36. The lowest BCUT2D eigenvalue weighted by molar-refractivity contribution is 0.0103. The third-order valence-corrected chi connectivity index (χ3v) is 9.68. The number of rotatable bonds is 6. The number of aryl methyl sites for hydroxylation is 1. The Bertz CT molecular complexity index is 1760. The predicted octanol–water partition coefficient (Wildman–Crippen LogP) is 9.20. The number of nitrogens with one attached hydrogen (secondary N) is 1. The van der Waals surface area contributed by atoms with Gasteiger partial charge >= 0.3 is 0 Å². The molecule has 0 amide bonds. The molecule has 4 fully saturated rings. The van der Waals surface area contributed by atoms with E-state index in [4.69, 9.17) is 0 Å². The lowest BCUT2D eigenvalue weighted by atomic mass is 9.53. The molecule has 2 heterocycles. The molecule has 45 heavy (non-hydrogen) atoms. The SMILES string of the molecule is Cc1ccnc(-c2cc(Cc3c(F)c(F)c(-c4c(F)c(F)c(NC56CC7CC(CC(C7)C5)C6)c(F)c4F)c(F)c3F)ccn2)c1. The van der Waals surface area contributed by atoms with Gasteiger partial charge in [0.1, 0.15) is 5.69 Å². The second-order valence-electron chi connectivity index (χ2n) is 12.9. The Kier molecular flexibility index (Phi) is 7.13. The number of nitrogens with zero attached hydrogens (tertiary/aromatic N) is 2. The summed E-state index contributed by atoms with van der Waals surface area (Å²) in [5.41, 5.74) is -4.84. The lowest BCUT2D eigenvalue weighted by Gasteiger charge is -2.57. The Labute approximate surface area is 253 Å². The predicted molar refractivity (Wildman–Crippen MR) is 151 cm³/mol. The number of aromatic nitrogens is 2. The highest BCUT2D eigenvalue weighted by molar-refractivity contribution is 5.71. The van der Waals surface area contributed by atoms with Crippen molar-refractivity contribution in [1.82, 2.24) is 9.97 Å². The summed E-state index contributed by atoms with van der Waals surface area (Å²) in [5, 5.41) is 2.72. The number of hydrogen-bond acceptors (Lipinski definition) is 3. The number of benzene rings is 2. The van der Waals surface area contributed by atoms with Crippen LogP contribution in [0, 0.1) is 71.2 Å². The van der Waals surface area contributed by atoms with Crippen LogP contribution in [0.15, 0.2) is 36.7 Å². The Morgan fingerprint density at radius 2 is 1.11 bits per heavy atom. The van der Waals surface area contributed by atoms with Gasteiger partial charge in [-0.3, -0.25) is 9.97 Å². The molecule has 4 aromatic rings. The van der Waals surface area contributed by atoms with E-state index >= 15 is 35.1 Å². The highest BCUT2D eigenvalue weighted by Crippen LogP contribution is 2.57. The molecule has 234 valence electrons. The van der Waals surface area contributed by atoms with E-state index in [1.54, 1.807) is 12.1 Å². The zero-order valence-electron chi connectivity index (χ0n) is 24.1. The lowest BCUT2D eigenvalue weighted by Crippen LogP contribution is -2.55. The van der Waals surface area contributed by atoms with Gasteiger partial charge in [0.2, 0.25) is 0 Å². The van der Waals surface area contributed by atoms with Crippen molar-refractivity contribution < 1.29 is 35.1 Å². The maximum Gasteiger partial charge on any atom is 0.185 e. The fourth-order valence-corrected chi connectivity index (χ4v) is 8.15. The fraction of sp³-hybridized carbons (Fsp3) is 0.353. The van der Waals surface area contributed by atoms with Crippen LogP contribution in [0.3, 0.4) is 0 Å². The molecule has 0 aliphatic heterocycles. The molecule has 4 bridgehead atoms. The van der Waals surface area contributed by atoms with E-state index < -0.39 is 80.9 Å². The number of pyridine rings is 2. The molecule has 3 nitrogen and oxygen atoms in total. The first kappa shape index (κ1) is 29.7. The van der Waals surface area contributed by atoms with Crippen molar-refractivity contribution in [1.29, 1.82) is 0 Å². The zero-order valence-corrected chi connectivity index (χ0v) is 24.1. The van der Waals surface area contributed by atoms with Crippen LogP contribution in [0.25, 0.3) is 22.5 Å². The first-order valence-corrected chi connectivity index (χ1v) is 14.8. The summed E-state index contributed by atoms with van der Waals surface area (Å²) in [6.07, 6.45) is 6.88. The highest BCUT2D eigenvalue weighted by Gasteiger charge is 2.51. The summed E-state index contributed by atoms with van der Waals surface area (Å²) in [5.74, 6) is -15.4. The van der Waals surface area contributed by atoms with Gasteiger partial charge in [-0.1, -0.05) is 0 Å². The van der Waals surface area contributed by atoms with Crippen LogP contribution < -0.4 is 5.32 Å². The van der Waals surface area contributed by atoms with Crippen LogP contribution in [0.1, 0.15) is 55.2 Å². The zero-order chi connectivity index (χ0) is 31.8. The van der Waals surface area contributed by atoms with Gasteiger partial charge in [-0.2, -0.15) is 0 Å². The first-order valence-electron chi connectivity index (χ1n) is 14.8. The number of anilines is 1. The van der Waals surface area contributed by atoms with Gasteiger partial charge < -0.3 is 5.32 Å². The smallest absolute Gasteiger partial charge is 0.185 e. The molecule has 8 rings (SSSR count). The monoisotopic (exact) mass is 629 g/mol. The van der Waals surface area contributed by atoms with Crippen molar-refractivity contribution in [2.24, 2.45) is 17.8 Å². The van der Waals surface area contributed by atoms with E-state index in [1.807, 2.05) is 6.92 Å². The van der Waals surface area contributed by atoms with E-state index in [0.717, 1.165) is 24.8 Å². The molecule has 11 heteroatoms. The second-order valence-corrected chi connectivity index (χ2v) is 12.9. The topological polar surface area (TPSA) is 37.8 Å². The van der Waals surface area contributed by atoms with Gasteiger partial charge in [0.15, 0.2) is 46.5 Å². The van der Waals surface area contributed by atoms with E-state index in [0.29, 0.717) is 48.4 Å². The minimum absolute atomic E-state index is 0.196. The van der Waals surface area contributed by atoms with Gasteiger partial charge in [-0.25, -0.2) is 35.1 Å². The molecular weight excluding hydrogens is 602 g/mol. The Hall–Kier alpha value is -4.02. The molecular formula is C34H27F8N3. The second kappa shape index (κ2) is 10.8. The van der Waals surface area contributed by atoms with Crippen LogP contribution in [0.5, 0.6) is 0 Å². The molecule has 4 aliphatic carbocycles. The summed E-state index contributed by atoms with van der Waals surface area (Å²) < 4.78 is 123. The third-order valence-electron chi connectivity index (χ3n) is 9.68. The van der Waals surface area contributed by atoms with Crippen LogP contribution >= 0.6 is 0 Å². The van der Waals surface area contributed by atoms with E-state index in [1.165, 1.54) is 24.5 Å². The Balaban J connectivity index is 1.25. The Morgan fingerprint density at radius 3 is 1.62 bits per heavy atom. The van der Waals surface area contributed by atoms with Crippen LogP contribution in [-0.4, -0.2) is 15.5 Å². The molecule has 0 atom stereocenters. The summed E-state index contributed by atoms with van der Waals surface area (Å²) >= 11 is 0. The number of hydrogen-bond donors (Lipinski definition) is 1. The van der Waals surface area contributed by atoms with Crippen LogP contribution in [0.2, 0.25) is 0 Å². The van der Waals surface area contributed by atoms with Crippen molar-refractivity contribution in [2.75, 3.05) is 5.32 Å². The largest absolute Gasteiger partial charge is 0.375 e. The minimum Gasteiger partial charge on any atom is -0.375 e. The van der Waals surface area contributed by atoms with Crippen molar-refractivity contribution in [3.63, 3.8) is 0 Å². The van der Waals surface area contributed by atoms with Crippen molar-refractivity contribution in [3.05, 3.63) is 99.9 Å². The normalized spacial score (nSPS) is 23.5. The fourth-order valence-electron chi connectivity index (χ4n) is 8.15. The molecule has 2 aromatic heterocycles. The summed E-state index contributed by atoms with van der Waals surface area (Å²) in [6.45, 7) is 1.82. The maximum absolute atomic E-state index is 15.4. The van der Waals surface area contributed by atoms with Crippen molar-refractivity contribution >= 4 is 5.69 Å². The molecule has 4 aliphatic rings. The van der Waals surface area contributed by atoms with Crippen molar-refractivity contribution in [2.45, 2.75) is 57.4 Å². The molecule has 2 aromatic carbocycles. The van der Waals surface area contributed by atoms with Crippen LogP contribution in [0.4, 0.5) is 40.8 Å². The van der Waals surface area contributed by atoms with Gasteiger partial charge in [-0.15, -0.1) is 0 Å². The molecule has 0 radical (unpaired) electrons. The molecule has 0 unspecified atom stereocenters. The summed E-state index contributed by atoms with van der Waals surface area (Å²) in [7, 11) is 0. The molecule has 4 saturated carbocycles.